The van der Waals surface area contributed by atoms with Crippen molar-refractivity contribution in [2.24, 2.45) is 34.0 Å². The van der Waals surface area contributed by atoms with Gasteiger partial charge in [0.1, 0.15) is 6.10 Å². The Morgan fingerprint density at radius 1 is 0.913 bits per heavy atom. The van der Waals surface area contributed by atoms with E-state index in [1.54, 1.807) is 18.2 Å². The third-order valence-corrected chi connectivity index (χ3v) is 6.12. The van der Waals surface area contributed by atoms with E-state index >= 15 is 0 Å². The lowest BCUT2D eigenvalue weighted by Gasteiger charge is -2.59. The van der Waals surface area contributed by atoms with Crippen molar-refractivity contribution in [2.75, 3.05) is 0 Å². The molecule has 23 heavy (non-hydrogen) atoms. The minimum absolute atomic E-state index is 0.0961. The Labute approximate surface area is 132 Å². The molecule has 4 aliphatic carbocycles. The Morgan fingerprint density at radius 3 is 2.13 bits per heavy atom. The zero-order valence-electron chi connectivity index (χ0n) is 11.9. The van der Waals surface area contributed by atoms with Gasteiger partial charge in [-0.15, -0.1) is 0 Å². The third-order valence-electron chi connectivity index (χ3n) is 6.12. The van der Waals surface area contributed by atoms with Gasteiger partial charge in [-0.25, -0.2) is 0 Å². The normalized spacial score (nSPS) is 42.5. The Balaban J connectivity index is 2.05. The van der Waals surface area contributed by atoms with Gasteiger partial charge in [0, 0.05) is 17.3 Å². The summed E-state index contributed by atoms with van der Waals surface area (Å²) in [5.74, 6) is -1.94. The quantitative estimate of drug-likeness (QED) is 0.492. The van der Waals surface area contributed by atoms with Crippen LogP contribution in [0.25, 0.3) is 0 Å². The van der Waals surface area contributed by atoms with Crippen molar-refractivity contribution in [3.8, 4) is 24.3 Å². The maximum Gasteiger partial charge on any atom is 0.307 e. The molecule has 0 amide bonds. The average Bonchev–Trinajstić information content (AvgIpc) is 3.08. The smallest absolute Gasteiger partial charge is 0.307 e. The monoisotopic (exact) mass is 302 g/mol. The van der Waals surface area contributed by atoms with Crippen molar-refractivity contribution in [1.29, 1.82) is 21.0 Å². The number of nitriles is 4. The van der Waals surface area contributed by atoms with Gasteiger partial charge in [-0.2, -0.15) is 21.0 Å². The van der Waals surface area contributed by atoms with Crippen molar-refractivity contribution in [2.45, 2.75) is 12.5 Å². The first kappa shape index (κ1) is 13.6. The number of nitrogens with zero attached hydrogens (tertiary/aromatic N) is 4. The van der Waals surface area contributed by atoms with Crippen LogP contribution in [-0.2, 0) is 9.53 Å². The molecular weight excluding hydrogens is 292 g/mol. The number of ether oxygens (including phenoxy) is 1. The van der Waals surface area contributed by atoms with Gasteiger partial charge >= 0.3 is 5.97 Å². The fourth-order valence-corrected chi connectivity index (χ4v) is 5.21. The lowest BCUT2D eigenvalue weighted by atomic mass is 9.37. The maximum absolute atomic E-state index is 11.9. The molecule has 5 aliphatic rings. The number of carbonyl (C=O) groups is 1. The summed E-state index contributed by atoms with van der Waals surface area (Å²) < 4.78 is 5.37. The summed E-state index contributed by atoms with van der Waals surface area (Å²) in [7, 11) is 0. The van der Waals surface area contributed by atoms with Gasteiger partial charge in [0.25, 0.3) is 0 Å². The molecule has 1 saturated heterocycles. The number of allylic oxidation sites excluding steroid dienone is 3. The highest BCUT2D eigenvalue weighted by molar-refractivity contribution is 5.75. The maximum atomic E-state index is 11.9. The van der Waals surface area contributed by atoms with Crippen LogP contribution in [0.15, 0.2) is 24.3 Å². The molecule has 110 valence electrons. The minimum atomic E-state index is -1.81. The first-order valence-corrected chi connectivity index (χ1v) is 7.27. The van der Waals surface area contributed by atoms with Crippen LogP contribution in [-0.4, -0.2) is 12.1 Å². The van der Waals surface area contributed by atoms with E-state index in [0.717, 1.165) is 0 Å². The molecule has 0 unspecified atom stereocenters. The summed E-state index contributed by atoms with van der Waals surface area (Å²) >= 11 is 0. The predicted molar refractivity (Wildman–Crippen MR) is 73.0 cm³/mol. The first-order chi connectivity index (χ1) is 11.1. The van der Waals surface area contributed by atoms with Gasteiger partial charge in [-0.3, -0.25) is 4.79 Å². The van der Waals surface area contributed by atoms with Crippen LogP contribution in [0.4, 0.5) is 0 Å². The number of esters is 1. The molecule has 5 atom stereocenters. The van der Waals surface area contributed by atoms with Crippen LogP contribution in [0.3, 0.4) is 0 Å². The summed E-state index contributed by atoms with van der Waals surface area (Å²) in [4.78, 5) is 11.9. The van der Waals surface area contributed by atoms with Crippen LogP contribution in [0.2, 0.25) is 0 Å². The van der Waals surface area contributed by atoms with E-state index in [-0.39, 0.29) is 18.3 Å². The van der Waals surface area contributed by atoms with Crippen molar-refractivity contribution < 1.29 is 9.53 Å². The van der Waals surface area contributed by atoms with Crippen LogP contribution >= 0.6 is 0 Å². The van der Waals surface area contributed by atoms with Gasteiger partial charge < -0.3 is 4.74 Å². The summed E-state index contributed by atoms with van der Waals surface area (Å²) in [6, 6.07) is 7.90. The van der Waals surface area contributed by atoms with E-state index in [2.05, 4.69) is 0 Å². The van der Waals surface area contributed by atoms with Crippen molar-refractivity contribution >= 4 is 5.97 Å². The molecule has 6 nitrogen and oxygen atoms in total. The summed E-state index contributed by atoms with van der Waals surface area (Å²) in [6.45, 7) is 0. The Kier molecular flexibility index (Phi) is 2.25. The lowest BCUT2D eigenvalue weighted by Crippen LogP contribution is -2.65. The van der Waals surface area contributed by atoms with Crippen LogP contribution in [0.5, 0.6) is 0 Å². The highest BCUT2D eigenvalue weighted by atomic mass is 16.6. The van der Waals surface area contributed by atoms with E-state index in [4.69, 9.17) is 4.74 Å². The summed E-state index contributed by atoms with van der Waals surface area (Å²) in [5.41, 5.74) is -4.31. The Bertz CT molecular complexity index is 831. The fraction of sp³-hybridized carbons (Fsp3) is 0.471. The molecule has 1 spiro atoms. The van der Waals surface area contributed by atoms with Gasteiger partial charge in [0.2, 0.25) is 0 Å². The zero-order chi connectivity index (χ0) is 16.5. The molecule has 6 heteroatoms. The highest BCUT2D eigenvalue weighted by Crippen LogP contribution is 2.73. The highest BCUT2D eigenvalue weighted by Gasteiger charge is 2.79. The summed E-state index contributed by atoms with van der Waals surface area (Å²) in [6.07, 6.45) is 6.73. The van der Waals surface area contributed by atoms with Gasteiger partial charge in [-0.1, -0.05) is 18.2 Å². The second-order valence-corrected chi connectivity index (χ2v) is 6.56. The number of hydrogen-bond acceptors (Lipinski definition) is 6. The van der Waals surface area contributed by atoms with Crippen molar-refractivity contribution in [3.63, 3.8) is 0 Å². The standard InChI is InChI=1S/C17H10N4O2/c18-6-15(7-19)10-1-3-12(16(15,8-20)9-21)17-5-14(22)23-13(17)4-2-11(10)17/h1-4,10-13H,5H2/t10-,11-,12+,13-,17+/m0/s1. The number of rotatable bonds is 0. The minimum Gasteiger partial charge on any atom is -0.457 e. The molecule has 0 aromatic rings. The third kappa shape index (κ3) is 1.08. The average molecular weight is 302 g/mol. The molecule has 0 aromatic heterocycles. The SMILES string of the molecule is N#CC1(C#N)[C@H]2C=C[C@@H]([C@@H]3C=C[C@@H]4OC(=O)C[C@]423)C1(C#N)C#N. The van der Waals surface area contributed by atoms with Crippen molar-refractivity contribution in [1.82, 2.24) is 0 Å². The van der Waals surface area contributed by atoms with Gasteiger partial charge in [0.05, 0.1) is 30.7 Å². The molecular formula is C17H10N4O2. The largest absolute Gasteiger partial charge is 0.457 e. The number of fused-ring (bicyclic) bond motifs is 1. The fourth-order valence-electron chi connectivity index (χ4n) is 5.21. The van der Waals surface area contributed by atoms with Crippen molar-refractivity contribution in [3.05, 3.63) is 24.3 Å². The van der Waals surface area contributed by atoms with Gasteiger partial charge in [-0.05, 0) is 12.0 Å². The van der Waals surface area contributed by atoms with Gasteiger partial charge in [0.15, 0.2) is 10.8 Å². The summed E-state index contributed by atoms with van der Waals surface area (Å²) in [5, 5.41) is 39.1. The molecule has 2 fully saturated rings. The predicted octanol–water partition coefficient (Wildman–Crippen LogP) is 1.36. The molecule has 0 aromatic carbocycles. The van der Waals surface area contributed by atoms with Crippen LogP contribution in [0.1, 0.15) is 6.42 Å². The van der Waals surface area contributed by atoms with Crippen LogP contribution in [0, 0.1) is 79.3 Å². The molecule has 2 bridgehead atoms. The molecule has 1 saturated carbocycles. The van der Waals surface area contributed by atoms with Crippen LogP contribution < -0.4 is 0 Å². The number of hydrogen-bond donors (Lipinski definition) is 0. The Morgan fingerprint density at radius 2 is 1.52 bits per heavy atom. The first-order valence-electron chi connectivity index (χ1n) is 7.27. The second kappa shape index (κ2) is 3.81. The molecule has 1 heterocycles. The van der Waals surface area contributed by atoms with E-state index in [1.807, 2.05) is 30.4 Å². The lowest BCUT2D eigenvalue weighted by molar-refractivity contribution is -0.140. The van der Waals surface area contributed by atoms with E-state index in [0.29, 0.717) is 0 Å². The molecule has 0 N–H and O–H groups in total. The van der Waals surface area contributed by atoms with E-state index in [1.165, 1.54) is 0 Å². The molecule has 5 rings (SSSR count). The second-order valence-electron chi connectivity index (χ2n) is 6.56. The molecule has 1 aliphatic heterocycles. The zero-order valence-corrected chi connectivity index (χ0v) is 11.9. The topological polar surface area (TPSA) is 121 Å². The van der Waals surface area contributed by atoms with E-state index < -0.39 is 34.2 Å². The Hall–Kier alpha value is -3.09. The molecule has 0 radical (unpaired) electrons. The number of carbonyl (C=O) groups excluding carboxylic acids is 1. The van der Waals surface area contributed by atoms with E-state index in [9.17, 15) is 25.8 Å².